The molecule has 1 atom stereocenters. The van der Waals surface area contributed by atoms with Crippen molar-refractivity contribution in [2.75, 3.05) is 63.2 Å². The van der Waals surface area contributed by atoms with Gasteiger partial charge in [-0.05, 0) is 44.5 Å². The fourth-order valence-corrected chi connectivity index (χ4v) is 6.77. The van der Waals surface area contributed by atoms with Crippen molar-refractivity contribution >= 4 is 29.1 Å². The number of nitrogens with zero attached hydrogens (tertiary/aromatic N) is 7. The first kappa shape index (κ1) is 32.0. The van der Waals surface area contributed by atoms with Gasteiger partial charge in [0.25, 0.3) is 0 Å². The molecule has 238 valence electrons. The number of benzene rings is 1. The second-order valence-corrected chi connectivity index (χ2v) is 12.8. The quantitative estimate of drug-likeness (QED) is 0.310. The molecule has 2 aromatic heterocycles. The summed E-state index contributed by atoms with van der Waals surface area (Å²) >= 11 is 1.42. The highest BCUT2D eigenvalue weighted by Gasteiger charge is 2.32. The summed E-state index contributed by atoms with van der Waals surface area (Å²) < 4.78 is 55.2. The predicted octanol–water partition coefficient (Wildman–Crippen LogP) is 5.00. The number of alkyl halides is 3. The van der Waals surface area contributed by atoms with Crippen molar-refractivity contribution in [1.29, 1.82) is 0 Å². The van der Waals surface area contributed by atoms with E-state index in [1.807, 2.05) is 25.1 Å². The smallest absolute Gasteiger partial charge is 0.416 e. The number of aliphatic carboxylic acids is 1. The molecule has 3 aromatic rings. The lowest BCUT2D eigenvalue weighted by Crippen LogP contribution is -2.47. The summed E-state index contributed by atoms with van der Waals surface area (Å²) in [5.41, 5.74) is 0.152. The summed E-state index contributed by atoms with van der Waals surface area (Å²) in [5.74, 6) is -0.498. The third-order valence-corrected chi connectivity index (χ3v) is 9.14. The van der Waals surface area contributed by atoms with Gasteiger partial charge >= 0.3 is 12.1 Å². The summed E-state index contributed by atoms with van der Waals surface area (Å²) in [4.78, 5) is 34.4. The molecular weight excluding hydrogens is 598 g/mol. The summed E-state index contributed by atoms with van der Waals surface area (Å²) in [6, 6.07) is 4.85. The van der Waals surface area contributed by atoms with Crippen molar-refractivity contribution < 1.29 is 27.5 Å². The maximum absolute atomic E-state index is 14.4. The van der Waals surface area contributed by atoms with Crippen molar-refractivity contribution in [2.24, 2.45) is 0 Å². The summed E-state index contributed by atoms with van der Waals surface area (Å²) in [5, 5.41) is 9.68. The fourth-order valence-electron chi connectivity index (χ4n) is 5.64. The van der Waals surface area contributed by atoms with Crippen molar-refractivity contribution in [1.82, 2.24) is 24.8 Å². The highest BCUT2D eigenvalue weighted by atomic mass is 32.1. The van der Waals surface area contributed by atoms with Crippen molar-refractivity contribution in [3.63, 3.8) is 0 Å². The molecule has 14 heteroatoms. The van der Waals surface area contributed by atoms with Crippen LogP contribution in [-0.4, -0.2) is 95.2 Å². The first-order valence-electron chi connectivity index (χ1n) is 14.7. The molecule has 0 unspecified atom stereocenters. The van der Waals surface area contributed by atoms with Crippen molar-refractivity contribution in [3.05, 3.63) is 51.2 Å². The minimum absolute atomic E-state index is 0.101. The number of hydrogen-bond acceptors (Lipinski definition) is 9. The van der Waals surface area contributed by atoms with Crippen LogP contribution in [-0.2, 0) is 23.9 Å². The van der Waals surface area contributed by atoms with Gasteiger partial charge in [0.1, 0.15) is 11.6 Å². The Morgan fingerprint density at radius 2 is 1.82 bits per heavy atom. The van der Waals surface area contributed by atoms with E-state index >= 15 is 0 Å². The van der Waals surface area contributed by atoms with E-state index in [1.54, 1.807) is 0 Å². The number of aromatic nitrogens is 3. The van der Waals surface area contributed by atoms with Crippen LogP contribution in [0.5, 0.6) is 0 Å². The lowest BCUT2D eigenvalue weighted by atomic mass is 10.1. The number of rotatable bonds is 10. The van der Waals surface area contributed by atoms with E-state index < -0.39 is 23.5 Å². The lowest BCUT2D eigenvalue weighted by Gasteiger charge is -2.35. The number of carbonyl (C=O) groups is 1. The maximum Gasteiger partial charge on any atom is 0.416 e. The Balaban J connectivity index is 1.44. The molecular formula is C30H37F4N7O2S. The molecule has 2 aliphatic rings. The Hall–Kier alpha value is -3.36. The van der Waals surface area contributed by atoms with Crippen LogP contribution in [0.25, 0.3) is 11.3 Å². The largest absolute Gasteiger partial charge is 0.481 e. The number of carboxylic acids is 1. The Kier molecular flexibility index (Phi) is 9.71. The Bertz CT molecular complexity index is 1470. The van der Waals surface area contributed by atoms with E-state index in [9.17, 15) is 22.4 Å². The van der Waals surface area contributed by atoms with E-state index in [-0.39, 0.29) is 12.0 Å². The van der Waals surface area contributed by atoms with Crippen LogP contribution >= 0.6 is 11.3 Å². The third kappa shape index (κ3) is 7.83. The normalized spacial score (nSPS) is 18.2. The van der Waals surface area contributed by atoms with Gasteiger partial charge in [-0.3, -0.25) is 14.6 Å². The van der Waals surface area contributed by atoms with Crippen LogP contribution in [0.2, 0.25) is 0 Å². The molecule has 4 heterocycles. The van der Waals surface area contributed by atoms with E-state index in [4.69, 9.17) is 20.1 Å². The van der Waals surface area contributed by atoms with Gasteiger partial charge in [-0.2, -0.15) is 18.2 Å². The van der Waals surface area contributed by atoms with E-state index in [0.29, 0.717) is 80.1 Å². The van der Waals surface area contributed by atoms with Gasteiger partial charge in [-0.1, -0.05) is 0 Å². The molecule has 2 saturated heterocycles. The standard InChI is InChI=1S/C30H37F4N7O2S/c1-19-5-4-7-41(19)18-24-28(20-13-21(30(32,33)34)15-22(31)14-20)37-26(44-24)17-23-16-25(36-29(35-23)38(2)3)40-11-9-39(10-12-40)8-6-27(42)43/h13-16,19H,4-12,17-18H2,1-3H3,(H,42,43)/t19-/m1/s1. The van der Waals surface area contributed by atoms with Crippen LogP contribution < -0.4 is 9.80 Å². The predicted molar refractivity (Wildman–Crippen MR) is 162 cm³/mol. The van der Waals surface area contributed by atoms with Crippen LogP contribution in [0.1, 0.15) is 47.3 Å². The molecule has 2 fully saturated rings. The highest BCUT2D eigenvalue weighted by molar-refractivity contribution is 7.12. The summed E-state index contributed by atoms with van der Waals surface area (Å²) in [7, 11) is 3.71. The van der Waals surface area contributed by atoms with Crippen molar-refractivity contribution in [3.8, 4) is 11.3 Å². The number of halogens is 4. The molecule has 0 spiro atoms. The zero-order chi connectivity index (χ0) is 31.6. The van der Waals surface area contributed by atoms with Crippen LogP contribution in [0, 0.1) is 5.82 Å². The highest BCUT2D eigenvalue weighted by Crippen LogP contribution is 2.37. The Morgan fingerprint density at radius 1 is 1.07 bits per heavy atom. The van der Waals surface area contributed by atoms with Gasteiger partial charge in [0.05, 0.1) is 28.4 Å². The van der Waals surface area contributed by atoms with Crippen LogP contribution in [0.3, 0.4) is 0 Å². The Morgan fingerprint density at radius 3 is 2.45 bits per heavy atom. The average molecular weight is 636 g/mol. The second kappa shape index (κ2) is 13.3. The number of hydrogen-bond donors (Lipinski definition) is 1. The van der Waals surface area contributed by atoms with Crippen LogP contribution in [0.4, 0.5) is 29.3 Å². The van der Waals surface area contributed by atoms with Gasteiger partial charge in [-0.15, -0.1) is 11.3 Å². The third-order valence-electron chi connectivity index (χ3n) is 8.10. The SMILES string of the molecule is C[C@@H]1CCCN1Cc1sc(Cc2cc(N3CCN(CCC(=O)O)CC3)nc(N(C)C)n2)nc1-c1cc(F)cc(C(F)(F)F)c1. The molecule has 1 N–H and O–H groups in total. The first-order valence-corrected chi connectivity index (χ1v) is 15.5. The monoisotopic (exact) mass is 635 g/mol. The average Bonchev–Trinajstić information content (AvgIpc) is 3.56. The molecule has 9 nitrogen and oxygen atoms in total. The Labute approximate surface area is 258 Å². The lowest BCUT2D eigenvalue weighted by molar-refractivity contribution is -0.138. The molecule has 0 aliphatic carbocycles. The minimum Gasteiger partial charge on any atom is -0.481 e. The molecule has 0 radical (unpaired) electrons. The van der Waals surface area contributed by atoms with Crippen molar-refractivity contribution in [2.45, 2.75) is 51.4 Å². The number of anilines is 2. The molecule has 0 saturated carbocycles. The van der Waals surface area contributed by atoms with Gasteiger partial charge in [0.2, 0.25) is 5.95 Å². The summed E-state index contributed by atoms with van der Waals surface area (Å²) in [6.45, 7) is 6.84. The molecule has 0 bridgehead atoms. The molecule has 5 rings (SSSR count). The fraction of sp³-hybridized carbons (Fsp3) is 0.533. The first-order chi connectivity index (χ1) is 20.9. The number of carboxylic acid groups (broad SMARTS) is 1. The van der Waals surface area contributed by atoms with E-state index in [2.05, 4.69) is 21.6 Å². The molecule has 44 heavy (non-hydrogen) atoms. The molecule has 2 aliphatic heterocycles. The molecule has 0 amide bonds. The topological polar surface area (TPSA) is 88.9 Å². The zero-order valence-corrected chi connectivity index (χ0v) is 25.9. The van der Waals surface area contributed by atoms with E-state index in [0.717, 1.165) is 42.2 Å². The number of likely N-dealkylation sites (tertiary alicyclic amines) is 1. The number of thiazole rings is 1. The minimum atomic E-state index is -4.68. The van der Waals surface area contributed by atoms with Gasteiger partial charge in [-0.25, -0.2) is 14.4 Å². The summed E-state index contributed by atoms with van der Waals surface area (Å²) in [6.07, 6.45) is -2.15. The second-order valence-electron chi connectivity index (χ2n) is 11.6. The zero-order valence-electron chi connectivity index (χ0n) is 25.1. The van der Waals surface area contributed by atoms with Crippen LogP contribution in [0.15, 0.2) is 24.3 Å². The van der Waals surface area contributed by atoms with Gasteiger partial charge in [0.15, 0.2) is 0 Å². The maximum atomic E-state index is 14.4. The van der Waals surface area contributed by atoms with Gasteiger partial charge < -0.3 is 14.9 Å². The van der Waals surface area contributed by atoms with E-state index in [1.165, 1.54) is 11.3 Å². The van der Waals surface area contributed by atoms with Gasteiger partial charge in [0, 0.05) is 82.3 Å². The molecule has 1 aromatic carbocycles. The number of piperazine rings is 1.